The van der Waals surface area contributed by atoms with Gasteiger partial charge in [-0.25, -0.2) is 4.21 Å². The third-order valence-electron chi connectivity index (χ3n) is 1.59. The summed E-state index contributed by atoms with van der Waals surface area (Å²) < 4.78 is 15.8. The molecule has 5 heteroatoms. The number of hydrogen-bond donors (Lipinski definition) is 0. The Kier molecular flexibility index (Phi) is 3.67. The highest BCUT2D eigenvalue weighted by molar-refractivity contribution is 9.10. The van der Waals surface area contributed by atoms with Gasteiger partial charge in [-0.05, 0) is 30.7 Å². The van der Waals surface area contributed by atoms with Gasteiger partial charge in [-0.3, -0.25) is 4.79 Å². The summed E-state index contributed by atoms with van der Waals surface area (Å²) in [4.78, 5) is 11.6. The van der Waals surface area contributed by atoms with Gasteiger partial charge in [0.1, 0.15) is 0 Å². The molecule has 0 unspecified atom stereocenters. The maximum atomic E-state index is 11.6. The quantitative estimate of drug-likeness (QED) is 0.798. The molecule has 0 aliphatic rings. The first-order chi connectivity index (χ1) is 6.78. The predicted octanol–water partition coefficient (Wildman–Crippen LogP) is 2.63. The number of halogens is 1. The summed E-state index contributed by atoms with van der Waals surface area (Å²) in [6.45, 7) is 1.89. The highest BCUT2D eigenvalue weighted by atomic mass is 79.9. The van der Waals surface area contributed by atoms with Crippen molar-refractivity contribution in [3.05, 3.63) is 33.8 Å². The molecule has 1 aromatic rings. The number of aryl methyl sites for hydroxylation is 1. The van der Waals surface area contributed by atoms with Crippen LogP contribution in [-0.4, -0.2) is 22.6 Å². The molecule has 0 aliphatic carbocycles. The molecule has 0 bridgehead atoms. The lowest BCUT2D eigenvalue weighted by Gasteiger charge is -2.00. The van der Waals surface area contributed by atoms with Crippen LogP contribution in [0.3, 0.4) is 0 Å². The predicted molar refractivity (Wildman–Crippen MR) is 65.6 cm³/mol. The Morgan fingerprint density at radius 1 is 1.33 bits per heavy atom. The van der Waals surface area contributed by atoms with E-state index in [9.17, 15) is 9.00 Å². The zero-order chi connectivity index (χ0) is 11.6. The summed E-state index contributed by atoms with van der Waals surface area (Å²) >= 11 is 3.30. The molecule has 0 N–H and O–H groups in total. The van der Waals surface area contributed by atoms with Gasteiger partial charge in [0.05, 0.1) is 0 Å². The van der Waals surface area contributed by atoms with Crippen LogP contribution in [0.15, 0.2) is 27.0 Å². The number of rotatable bonds is 1. The Balaban J connectivity index is 3.19. The minimum atomic E-state index is -2.39. The first-order valence-electron chi connectivity index (χ1n) is 4.26. The molecule has 1 aromatic carbocycles. The van der Waals surface area contributed by atoms with E-state index in [0.717, 1.165) is 10.0 Å². The van der Waals surface area contributed by atoms with Crippen molar-refractivity contribution in [3.63, 3.8) is 0 Å². The molecule has 0 heterocycles. The van der Waals surface area contributed by atoms with Crippen LogP contribution in [0.1, 0.15) is 15.9 Å². The molecule has 0 aromatic heterocycles. The average Bonchev–Trinajstić information content (AvgIpc) is 1.98. The fraction of sp³-hybridized carbons (Fsp3) is 0.300. The zero-order valence-corrected chi connectivity index (χ0v) is 11.2. The Bertz CT molecular complexity index is 488. The van der Waals surface area contributed by atoms with Crippen molar-refractivity contribution in [2.45, 2.75) is 6.92 Å². The molecule has 0 saturated heterocycles. The van der Waals surface area contributed by atoms with Crippen LogP contribution in [-0.2, 0) is 9.73 Å². The van der Waals surface area contributed by atoms with Crippen LogP contribution >= 0.6 is 15.9 Å². The maximum Gasteiger partial charge on any atom is 0.285 e. The maximum absolute atomic E-state index is 11.6. The second kappa shape index (κ2) is 4.45. The summed E-state index contributed by atoms with van der Waals surface area (Å²) in [7, 11) is -2.39. The van der Waals surface area contributed by atoms with Crippen molar-refractivity contribution < 1.29 is 9.00 Å². The van der Waals surface area contributed by atoms with Gasteiger partial charge in [-0.2, -0.15) is 4.36 Å². The molecule has 1 rings (SSSR count). The van der Waals surface area contributed by atoms with E-state index >= 15 is 0 Å². The molecule has 0 saturated carbocycles. The average molecular weight is 290 g/mol. The number of amides is 1. The number of carbonyl (C=O) groups excluding carboxylic acids is 1. The lowest BCUT2D eigenvalue weighted by molar-refractivity contribution is 0.100. The standard InChI is InChI=1S/C10H12BrNO2S/c1-7-4-8(6-9(11)5-7)10(13)12-15(2,3)14/h4-6H,1-3H3. The number of benzene rings is 1. The van der Waals surface area contributed by atoms with Gasteiger partial charge in [-0.1, -0.05) is 15.9 Å². The van der Waals surface area contributed by atoms with Crippen LogP contribution in [0.5, 0.6) is 0 Å². The van der Waals surface area contributed by atoms with Crippen molar-refractivity contribution >= 4 is 31.6 Å². The minimum absolute atomic E-state index is 0.436. The summed E-state index contributed by atoms with van der Waals surface area (Å²) in [5, 5.41) is 0. The van der Waals surface area contributed by atoms with Crippen LogP contribution < -0.4 is 0 Å². The van der Waals surface area contributed by atoms with Crippen molar-refractivity contribution in [1.29, 1.82) is 0 Å². The van der Waals surface area contributed by atoms with E-state index in [-0.39, 0.29) is 0 Å². The zero-order valence-electron chi connectivity index (χ0n) is 8.78. The fourth-order valence-corrected chi connectivity index (χ4v) is 2.22. The minimum Gasteiger partial charge on any atom is -0.266 e. The van der Waals surface area contributed by atoms with Gasteiger partial charge in [0.25, 0.3) is 5.91 Å². The van der Waals surface area contributed by atoms with E-state index < -0.39 is 15.6 Å². The van der Waals surface area contributed by atoms with Crippen LogP contribution in [0, 0.1) is 6.92 Å². The number of nitrogens with zero attached hydrogens (tertiary/aromatic N) is 1. The third-order valence-corrected chi connectivity index (χ3v) is 2.66. The summed E-state index contributed by atoms with van der Waals surface area (Å²) in [6.07, 6.45) is 2.88. The second-order valence-corrected chi connectivity index (χ2v) is 7.06. The molecule has 0 atom stereocenters. The van der Waals surface area contributed by atoms with Gasteiger partial charge in [-0.15, -0.1) is 0 Å². The Morgan fingerprint density at radius 3 is 2.40 bits per heavy atom. The number of hydrogen-bond acceptors (Lipinski definition) is 2. The van der Waals surface area contributed by atoms with Gasteiger partial charge < -0.3 is 0 Å². The Labute approximate surface area is 98.2 Å². The van der Waals surface area contributed by atoms with E-state index in [1.165, 1.54) is 12.5 Å². The first kappa shape index (κ1) is 12.4. The summed E-state index contributed by atoms with van der Waals surface area (Å²) in [5.41, 5.74) is 1.42. The molecule has 0 fully saturated rings. The van der Waals surface area contributed by atoms with Crippen molar-refractivity contribution in [2.75, 3.05) is 12.5 Å². The summed E-state index contributed by atoms with van der Waals surface area (Å²) in [5.74, 6) is -0.436. The molecular formula is C10H12BrNO2S. The van der Waals surface area contributed by atoms with Crippen molar-refractivity contribution in [2.24, 2.45) is 4.36 Å². The van der Waals surface area contributed by atoms with Crippen molar-refractivity contribution in [3.8, 4) is 0 Å². The Hall–Kier alpha value is -0.680. The van der Waals surface area contributed by atoms with Gasteiger partial charge in [0, 0.05) is 32.3 Å². The van der Waals surface area contributed by atoms with Crippen LogP contribution in [0.2, 0.25) is 0 Å². The second-order valence-electron chi connectivity index (χ2n) is 3.59. The van der Waals surface area contributed by atoms with E-state index in [0.29, 0.717) is 5.56 Å². The smallest absolute Gasteiger partial charge is 0.266 e. The Morgan fingerprint density at radius 2 is 1.93 bits per heavy atom. The van der Waals surface area contributed by atoms with Gasteiger partial charge in [0.2, 0.25) is 0 Å². The normalized spacial score (nSPS) is 11.2. The lowest BCUT2D eigenvalue weighted by Crippen LogP contribution is -2.01. The molecular weight excluding hydrogens is 278 g/mol. The molecule has 15 heavy (non-hydrogen) atoms. The van der Waals surface area contributed by atoms with Gasteiger partial charge >= 0.3 is 0 Å². The highest BCUT2D eigenvalue weighted by Gasteiger charge is 2.07. The lowest BCUT2D eigenvalue weighted by atomic mass is 10.1. The van der Waals surface area contributed by atoms with Crippen molar-refractivity contribution in [1.82, 2.24) is 0 Å². The van der Waals surface area contributed by atoms with E-state index in [4.69, 9.17) is 0 Å². The fourth-order valence-electron chi connectivity index (χ4n) is 1.11. The number of carbonyl (C=O) groups is 1. The van der Waals surface area contributed by atoms with E-state index in [2.05, 4.69) is 20.3 Å². The monoisotopic (exact) mass is 289 g/mol. The highest BCUT2D eigenvalue weighted by Crippen LogP contribution is 2.16. The summed E-state index contributed by atoms with van der Waals surface area (Å²) in [6, 6.07) is 5.29. The SMILES string of the molecule is Cc1cc(Br)cc(C(=O)N=S(C)(C)=O)c1. The van der Waals surface area contributed by atoms with Crippen LogP contribution in [0.4, 0.5) is 0 Å². The molecule has 82 valence electrons. The largest absolute Gasteiger partial charge is 0.285 e. The van der Waals surface area contributed by atoms with E-state index in [1.54, 1.807) is 12.1 Å². The van der Waals surface area contributed by atoms with Gasteiger partial charge in [0.15, 0.2) is 0 Å². The molecule has 0 radical (unpaired) electrons. The first-order valence-corrected chi connectivity index (χ1v) is 7.39. The van der Waals surface area contributed by atoms with E-state index in [1.807, 2.05) is 13.0 Å². The topological polar surface area (TPSA) is 46.5 Å². The molecule has 0 aliphatic heterocycles. The molecule has 1 amide bonds. The molecule has 3 nitrogen and oxygen atoms in total. The third kappa shape index (κ3) is 4.13. The van der Waals surface area contributed by atoms with Crippen LogP contribution in [0.25, 0.3) is 0 Å². The molecule has 0 spiro atoms.